The van der Waals surface area contributed by atoms with Crippen molar-refractivity contribution in [3.05, 3.63) is 95.1 Å². The molecule has 5 nitrogen and oxygen atoms in total. The van der Waals surface area contributed by atoms with E-state index in [4.69, 9.17) is 4.74 Å². The molecule has 0 aromatic heterocycles. The number of carbonyl (C=O) groups is 2. The molecule has 0 fully saturated rings. The molecule has 3 rings (SSSR count). The number of anilines is 2. The predicted molar refractivity (Wildman–Crippen MR) is 119 cm³/mol. The van der Waals surface area contributed by atoms with Gasteiger partial charge in [-0.2, -0.15) is 0 Å². The highest BCUT2D eigenvalue weighted by Crippen LogP contribution is 2.21. The molecule has 1 atom stereocenters. The maximum absolute atomic E-state index is 12.6. The zero-order chi connectivity index (χ0) is 21.5. The minimum absolute atomic E-state index is 0.178. The lowest BCUT2D eigenvalue weighted by Crippen LogP contribution is -2.31. The summed E-state index contributed by atoms with van der Waals surface area (Å²) in [7, 11) is 0. The Hall–Kier alpha value is -3.60. The van der Waals surface area contributed by atoms with Crippen LogP contribution in [0.15, 0.2) is 72.8 Å². The summed E-state index contributed by atoms with van der Waals surface area (Å²) in [5.74, 6) is -0.898. The first-order valence-electron chi connectivity index (χ1n) is 9.89. The highest BCUT2D eigenvalue weighted by atomic mass is 16.5. The third-order valence-electron chi connectivity index (χ3n) is 4.94. The van der Waals surface area contributed by atoms with Crippen LogP contribution in [-0.2, 0) is 9.53 Å². The van der Waals surface area contributed by atoms with Crippen LogP contribution in [0.25, 0.3) is 0 Å². The molecular weight excluding hydrogens is 376 g/mol. The molecule has 154 valence electrons. The van der Waals surface area contributed by atoms with E-state index in [1.54, 1.807) is 18.2 Å². The Balaban J connectivity index is 1.59. The number of ether oxygens (including phenoxy) is 1. The molecule has 2 N–H and O–H groups in total. The molecule has 5 heteroatoms. The van der Waals surface area contributed by atoms with E-state index in [1.165, 1.54) is 11.1 Å². The van der Waals surface area contributed by atoms with Gasteiger partial charge in [-0.25, -0.2) is 4.79 Å². The third kappa shape index (κ3) is 5.47. The Kier molecular flexibility index (Phi) is 6.86. The molecule has 0 saturated carbocycles. The largest absolute Gasteiger partial charge is 0.452 e. The van der Waals surface area contributed by atoms with Gasteiger partial charge in [-0.3, -0.25) is 4.79 Å². The second-order valence-electron chi connectivity index (χ2n) is 7.25. The Labute approximate surface area is 177 Å². The van der Waals surface area contributed by atoms with Crippen LogP contribution in [-0.4, -0.2) is 18.5 Å². The lowest BCUT2D eigenvalue weighted by Gasteiger charge is -2.16. The van der Waals surface area contributed by atoms with Gasteiger partial charge in [0.15, 0.2) is 6.61 Å². The minimum Gasteiger partial charge on any atom is -0.452 e. The summed E-state index contributed by atoms with van der Waals surface area (Å²) in [4.78, 5) is 24.8. The molecule has 0 heterocycles. The van der Waals surface area contributed by atoms with E-state index in [1.807, 2.05) is 69.3 Å². The molecule has 1 amide bonds. The molecule has 0 aliphatic carbocycles. The summed E-state index contributed by atoms with van der Waals surface area (Å²) < 4.78 is 5.26. The number of rotatable bonds is 7. The van der Waals surface area contributed by atoms with Crippen molar-refractivity contribution >= 4 is 23.3 Å². The van der Waals surface area contributed by atoms with Gasteiger partial charge in [0.05, 0.1) is 17.3 Å². The van der Waals surface area contributed by atoms with Crippen LogP contribution < -0.4 is 10.6 Å². The standard InChI is InChI=1S/C25H26N2O3/c1-17-13-14-20(15-18(17)2)19(3)26-24(28)16-30-25(29)22-11-7-8-12-23(22)27-21-9-5-4-6-10-21/h4-15,19,27H,16H2,1-3H3,(H,26,28)/t19-/m1/s1. The molecular formula is C25H26N2O3. The first-order chi connectivity index (χ1) is 14.4. The lowest BCUT2D eigenvalue weighted by molar-refractivity contribution is -0.124. The first kappa shape index (κ1) is 21.1. The third-order valence-corrected chi connectivity index (χ3v) is 4.94. The summed E-state index contributed by atoms with van der Waals surface area (Å²) in [6.45, 7) is 5.65. The van der Waals surface area contributed by atoms with Crippen LogP contribution in [0.4, 0.5) is 11.4 Å². The van der Waals surface area contributed by atoms with E-state index in [0.29, 0.717) is 11.3 Å². The summed E-state index contributed by atoms with van der Waals surface area (Å²) >= 11 is 0. The number of aryl methyl sites for hydroxylation is 2. The molecule has 3 aromatic carbocycles. The maximum atomic E-state index is 12.6. The van der Waals surface area contributed by atoms with Gasteiger partial charge in [-0.15, -0.1) is 0 Å². The molecule has 0 aliphatic heterocycles. The van der Waals surface area contributed by atoms with Crippen molar-refractivity contribution in [2.45, 2.75) is 26.8 Å². The van der Waals surface area contributed by atoms with Gasteiger partial charge in [0.2, 0.25) is 0 Å². The van der Waals surface area contributed by atoms with Gasteiger partial charge >= 0.3 is 5.97 Å². The molecule has 0 saturated heterocycles. The SMILES string of the molecule is Cc1ccc([C@@H](C)NC(=O)COC(=O)c2ccccc2Nc2ccccc2)cc1C. The fourth-order valence-corrected chi connectivity index (χ4v) is 3.06. The van der Waals surface area contributed by atoms with Crippen LogP contribution in [0, 0.1) is 13.8 Å². The summed E-state index contributed by atoms with van der Waals surface area (Å²) in [6, 6.07) is 22.5. The molecule has 0 spiro atoms. The minimum atomic E-state index is -0.553. The lowest BCUT2D eigenvalue weighted by atomic mass is 10.0. The number of esters is 1. The number of carbonyl (C=O) groups excluding carboxylic acids is 2. The second kappa shape index (κ2) is 9.74. The van der Waals surface area contributed by atoms with Crippen LogP contribution in [0.5, 0.6) is 0 Å². The van der Waals surface area contributed by atoms with E-state index < -0.39 is 5.97 Å². The van der Waals surface area contributed by atoms with Gasteiger partial charge < -0.3 is 15.4 Å². The average molecular weight is 402 g/mol. The Morgan fingerprint density at radius 3 is 2.33 bits per heavy atom. The molecule has 3 aromatic rings. The highest BCUT2D eigenvalue weighted by Gasteiger charge is 2.16. The maximum Gasteiger partial charge on any atom is 0.340 e. The predicted octanol–water partition coefficient (Wildman–Crippen LogP) is 5.08. The van der Waals surface area contributed by atoms with Gasteiger partial charge in [0.25, 0.3) is 5.91 Å². The Morgan fingerprint density at radius 1 is 0.900 bits per heavy atom. The van der Waals surface area contributed by atoms with Crippen molar-refractivity contribution in [1.82, 2.24) is 5.32 Å². The molecule has 0 bridgehead atoms. The van der Waals surface area contributed by atoms with Crippen molar-refractivity contribution < 1.29 is 14.3 Å². The van der Waals surface area contributed by atoms with Crippen molar-refractivity contribution in [3.63, 3.8) is 0 Å². The number of hydrogen-bond donors (Lipinski definition) is 2. The number of amides is 1. The summed E-state index contributed by atoms with van der Waals surface area (Å²) in [5, 5.41) is 6.08. The number of hydrogen-bond acceptors (Lipinski definition) is 4. The van der Waals surface area contributed by atoms with Gasteiger partial charge in [0.1, 0.15) is 0 Å². The van der Waals surface area contributed by atoms with Crippen LogP contribution in [0.2, 0.25) is 0 Å². The van der Waals surface area contributed by atoms with E-state index in [-0.39, 0.29) is 18.6 Å². The summed E-state index contributed by atoms with van der Waals surface area (Å²) in [5.41, 5.74) is 5.23. The first-order valence-corrected chi connectivity index (χ1v) is 9.89. The number of nitrogens with one attached hydrogen (secondary N) is 2. The zero-order valence-electron chi connectivity index (χ0n) is 17.4. The second-order valence-corrected chi connectivity index (χ2v) is 7.25. The average Bonchev–Trinajstić information content (AvgIpc) is 2.75. The van der Waals surface area contributed by atoms with Gasteiger partial charge in [-0.05, 0) is 61.7 Å². The van der Waals surface area contributed by atoms with Gasteiger partial charge in [-0.1, -0.05) is 48.5 Å². The van der Waals surface area contributed by atoms with Crippen LogP contribution in [0.3, 0.4) is 0 Å². The fraction of sp³-hybridized carbons (Fsp3) is 0.200. The highest BCUT2D eigenvalue weighted by molar-refractivity contribution is 5.97. The number of benzene rings is 3. The normalized spacial score (nSPS) is 11.4. The van der Waals surface area contributed by atoms with E-state index in [9.17, 15) is 9.59 Å². The summed E-state index contributed by atoms with van der Waals surface area (Å²) in [6.07, 6.45) is 0. The van der Waals surface area contributed by atoms with E-state index in [2.05, 4.69) is 16.7 Å². The topological polar surface area (TPSA) is 67.4 Å². The van der Waals surface area contributed by atoms with Crippen molar-refractivity contribution in [2.24, 2.45) is 0 Å². The van der Waals surface area contributed by atoms with Crippen molar-refractivity contribution in [3.8, 4) is 0 Å². The quantitative estimate of drug-likeness (QED) is 0.541. The molecule has 0 unspecified atom stereocenters. The zero-order valence-corrected chi connectivity index (χ0v) is 17.4. The number of para-hydroxylation sites is 2. The Bertz CT molecular complexity index is 1030. The molecule has 0 radical (unpaired) electrons. The van der Waals surface area contributed by atoms with Gasteiger partial charge in [0, 0.05) is 5.69 Å². The van der Waals surface area contributed by atoms with Crippen LogP contribution in [0.1, 0.15) is 40.0 Å². The monoisotopic (exact) mass is 402 g/mol. The van der Waals surface area contributed by atoms with E-state index >= 15 is 0 Å². The fourth-order valence-electron chi connectivity index (χ4n) is 3.06. The molecule has 30 heavy (non-hydrogen) atoms. The van der Waals surface area contributed by atoms with Crippen LogP contribution >= 0.6 is 0 Å². The van der Waals surface area contributed by atoms with E-state index in [0.717, 1.165) is 11.3 Å². The van der Waals surface area contributed by atoms with Crippen molar-refractivity contribution in [2.75, 3.05) is 11.9 Å². The molecule has 0 aliphatic rings. The Morgan fingerprint density at radius 2 is 1.60 bits per heavy atom. The van der Waals surface area contributed by atoms with Crippen molar-refractivity contribution in [1.29, 1.82) is 0 Å². The smallest absolute Gasteiger partial charge is 0.340 e.